The van der Waals surface area contributed by atoms with Gasteiger partial charge in [-0.05, 0) is 36.8 Å². The lowest BCUT2D eigenvalue weighted by atomic mass is 10.2. The molecule has 0 aliphatic heterocycles. The Labute approximate surface area is 147 Å². The molecule has 0 radical (unpaired) electrons. The molecular formula is C19H22N2O2S. The number of hydrogen-bond donors (Lipinski definition) is 1. The third-order valence-corrected chi connectivity index (χ3v) is 4.76. The summed E-state index contributed by atoms with van der Waals surface area (Å²) in [6.45, 7) is 2.09. The van der Waals surface area contributed by atoms with Crippen molar-refractivity contribution in [2.45, 2.75) is 12.2 Å². The van der Waals surface area contributed by atoms with Crippen LogP contribution in [-0.4, -0.2) is 36.6 Å². The summed E-state index contributed by atoms with van der Waals surface area (Å²) in [5.41, 5.74) is 2.51. The van der Waals surface area contributed by atoms with Crippen LogP contribution in [0.2, 0.25) is 0 Å². The van der Waals surface area contributed by atoms with Gasteiger partial charge in [0.15, 0.2) is 0 Å². The molecule has 0 saturated heterocycles. The summed E-state index contributed by atoms with van der Waals surface area (Å²) >= 11 is 1.60. The average molecular weight is 342 g/mol. The molecule has 2 aromatic carbocycles. The van der Waals surface area contributed by atoms with Crippen LogP contribution in [-0.2, 0) is 4.79 Å². The van der Waals surface area contributed by atoms with Gasteiger partial charge in [0.2, 0.25) is 5.91 Å². The van der Waals surface area contributed by atoms with Gasteiger partial charge in [-0.2, -0.15) is 0 Å². The van der Waals surface area contributed by atoms with E-state index in [4.69, 9.17) is 0 Å². The van der Waals surface area contributed by atoms with E-state index in [0.717, 1.165) is 0 Å². The molecule has 5 heteroatoms. The number of carbonyl (C=O) groups excluding carboxylic acids is 2. The van der Waals surface area contributed by atoms with Crippen molar-refractivity contribution in [3.8, 4) is 0 Å². The van der Waals surface area contributed by atoms with Gasteiger partial charge in [0.05, 0.1) is 5.75 Å². The second-order valence-electron chi connectivity index (χ2n) is 5.69. The van der Waals surface area contributed by atoms with Crippen LogP contribution in [0.5, 0.6) is 0 Å². The number of rotatable bonds is 6. The van der Waals surface area contributed by atoms with Crippen molar-refractivity contribution in [2.75, 3.05) is 25.2 Å². The number of hydrogen-bond acceptors (Lipinski definition) is 3. The molecule has 1 N–H and O–H groups in total. The molecule has 0 spiro atoms. The minimum absolute atomic E-state index is 0.0468. The number of amides is 2. The van der Waals surface area contributed by atoms with Crippen LogP contribution < -0.4 is 5.32 Å². The predicted molar refractivity (Wildman–Crippen MR) is 100 cm³/mol. The summed E-state index contributed by atoms with van der Waals surface area (Å²) in [5.74, 6) is 0.281. The zero-order valence-corrected chi connectivity index (χ0v) is 15.0. The largest absolute Gasteiger partial charge is 0.345 e. The van der Waals surface area contributed by atoms with Crippen molar-refractivity contribution >= 4 is 29.3 Å². The number of nitrogens with zero attached hydrogens (tertiary/aromatic N) is 1. The highest BCUT2D eigenvalue weighted by Gasteiger charge is 2.10. The molecule has 2 rings (SSSR count). The van der Waals surface area contributed by atoms with Crippen LogP contribution in [0.25, 0.3) is 0 Å². The third kappa shape index (κ3) is 5.13. The molecule has 2 amide bonds. The molecule has 0 fully saturated rings. The topological polar surface area (TPSA) is 49.4 Å². The van der Waals surface area contributed by atoms with E-state index in [2.05, 4.69) is 24.4 Å². The zero-order chi connectivity index (χ0) is 17.5. The van der Waals surface area contributed by atoms with Gasteiger partial charge in [0.1, 0.15) is 0 Å². The Bertz CT molecular complexity index is 684. The maximum atomic E-state index is 12.1. The van der Waals surface area contributed by atoms with Crippen molar-refractivity contribution < 1.29 is 9.59 Å². The van der Waals surface area contributed by atoms with Crippen LogP contribution >= 0.6 is 11.8 Å². The highest BCUT2D eigenvalue weighted by Crippen LogP contribution is 2.27. The Morgan fingerprint density at radius 2 is 1.67 bits per heavy atom. The van der Waals surface area contributed by atoms with E-state index in [1.54, 1.807) is 50.1 Å². The highest BCUT2D eigenvalue weighted by molar-refractivity contribution is 8.00. The van der Waals surface area contributed by atoms with Crippen LogP contribution in [0.4, 0.5) is 5.69 Å². The van der Waals surface area contributed by atoms with Crippen molar-refractivity contribution in [3.05, 3.63) is 65.7 Å². The predicted octanol–water partition coefficient (Wildman–Crippen LogP) is 3.82. The van der Waals surface area contributed by atoms with E-state index in [1.165, 1.54) is 10.5 Å². The van der Waals surface area contributed by atoms with E-state index in [-0.39, 0.29) is 17.1 Å². The Hall–Kier alpha value is -2.27. The molecule has 0 aromatic heterocycles. The number of nitrogens with one attached hydrogen (secondary N) is 1. The first-order chi connectivity index (χ1) is 11.5. The molecular weight excluding hydrogens is 320 g/mol. The van der Waals surface area contributed by atoms with Gasteiger partial charge in [0, 0.05) is 30.6 Å². The summed E-state index contributed by atoms with van der Waals surface area (Å²) in [7, 11) is 3.42. The maximum absolute atomic E-state index is 12.1. The number of carbonyl (C=O) groups is 2. The summed E-state index contributed by atoms with van der Waals surface area (Å²) in [4.78, 5) is 25.4. The maximum Gasteiger partial charge on any atom is 0.253 e. The summed E-state index contributed by atoms with van der Waals surface area (Å²) in [5, 5.41) is 3.12. The van der Waals surface area contributed by atoms with Gasteiger partial charge in [0.25, 0.3) is 5.91 Å². The molecule has 0 aliphatic carbocycles. The quantitative estimate of drug-likeness (QED) is 0.868. The molecule has 0 aliphatic rings. The van der Waals surface area contributed by atoms with Crippen LogP contribution in [0.3, 0.4) is 0 Å². The first kappa shape index (κ1) is 18.1. The minimum Gasteiger partial charge on any atom is -0.345 e. The van der Waals surface area contributed by atoms with Crippen molar-refractivity contribution in [1.29, 1.82) is 0 Å². The first-order valence-electron chi connectivity index (χ1n) is 7.75. The van der Waals surface area contributed by atoms with Crippen LogP contribution in [0.1, 0.15) is 28.1 Å². The fourth-order valence-corrected chi connectivity index (χ4v) is 3.00. The Balaban J connectivity index is 1.85. The zero-order valence-electron chi connectivity index (χ0n) is 14.2. The lowest BCUT2D eigenvalue weighted by Crippen LogP contribution is -2.21. The van der Waals surface area contributed by atoms with E-state index in [9.17, 15) is 9.59 Å². The molecule has 126 valence electrons. The number of anilines is 1. The molecule has 0 unspecified atom stereocenters. The van der Waals surface area contributed by atoms with E-state index in [1.807, 2.05) is 18.2 Å². The van der Waals surface area contributed by atoms with Gasteiger partial charge >= 0.3 is 0 Å². The number of benzene rings is 2. The molecule has 4 nitrogen and oxygen atoms in total. The lowest BCUT2D eigenvalue weighted by Gasteiger charge is -2.12. The summed E-state index contributed by atoms with van der Waals surface area (Å²) < 4.78 is 0. The van der Waals surface area contributed by atoms with Crippen LogP contribution in [0, 0.1) is 0 Å². The molecule has 0 heterocycles. The Kier molecular flexibility index (Phi) is 6.44. The van der Waals surface area contributed by atoms with E-state index < -0.39 is 0 Å². The SMILES string of the molecule is C[C@@H](SCC(=O)Nc1ccc(C(=O)N(C)C)cc1)c1ccccc1. The fourth-order valence-electron chi connectivity index (χ4n) is 2.17. The van der Waals surface area contributed by atoms with Gasteiger partial charge in [-0.25, -0.2) is 0 Å². The average Bonchev–Trinajstić information content (AvgIpc) is 2.60. The lowest BCUT2D eigenvalue weighted by molar-refractivity contribution is -0.113. The first-order valence-corrected chi connectivity index (χ1v) is 8.80. The van der Waals surface area contributed by atoms with E-state index in [0.29, 0.717) is 17.0 Å². The summed E-state index contributed by atoms with van der Waals surface area (Å²) in [6.07, 6.45) is 0. The van der Waals surface area contributed by atoms with Crippen molar-refractivity contribution in [3.63, 3.8) is 0 Å². The van der Waals surface area contributed by atoms with Gasteiger partial charge in [-0.15, -0.1) is 11.8 Å². The Morgan fingerprint density at radius 3 is 2.25 bits per heavy atom. The molecule has 24 heavy (non-hydrogen) atoms. The Morgan fingerprint density at radius 1 is 1.04 bits per heavy atom. The smallest absolute Gasteiger partial charge is 0.253 e. The standard InChI is InChI=1S/C19H22N2O2S/c1-14(15-7-5-4-6-8-15)24-13-18(22)20-17-11-9-16(10-12-17)19(23)21(2)3/h4-12,14H,13H2,1-3H3,(H,20,22)/t14-/m1/s1. The molecule has 0 bridgehead atoms. The van der Waals surface area contributed by atoms with Crippen molar-refractivity contribution in [1.82, 2.24) is 4.90 Å². The number of thioether (sulfide) groups is 1. The minimum atomic E-state index is -0.0554. The molecule has 2 aromatic rings. The monoisotopic (exact) mass is 342 g/mol. The molecule has 0 saturated carbocycles. The molecule has 1 atom stereocenters. The normalized spacial score (nSPS) is 11.6. The second-order valence-corrected chi connectivity index (χ2v) is 7.02. The third-order valence-electron chi connectivity index (χ3n) is 3.56. The van der Waals surface area contributed by atoms with Crippen molar-refractivity contribution in [2.24, 2.45) is 0 Å². The summed E-state index contributed by atoms with van der Waals surface area (Å²) in [6, 6.07) is 17.1. The van der Waals surface area contributed by atoms with Gasteiger partial charge in [-0.3, -0.25) is 9.59 Å². The fraction of sp³-hybridized carbons (Fsp3) is 0.263. The highest BCUT2D eigenvalue weighted by atomic mass is 32.2. The second kappa shape index (κ2) is 8.55. The van der Waals surface area contributed by atoms with E-state index >= 15 is 0 Å². The van der Waals surface area contributed by atoms with Gasteiger partial charge in [-0.1, -0.05) is 30.3 Å². The van der Waals surface area contributed by atoms with Crippen LogP contribution in [0.15, 0.2) is 54.6 Å². The van der Waals surface area contributed by atoms with Gasteiger partial charge < -0.3 is 10.2 Å².